The zero-order valence-electron chi connectivity index (χ0n) is 10.8. The molecule has 1 saturated heterocycles. The molecule has 1 fully saturated rings. The Morgan fingerprint density at radius 1 is 1.39 bits per heavy atom. The molecule has 1 aromatic carbocycles. The van der Waals surface area contributed by atoms with Gasteiger partial charge in [0.15, 0.2) is 0 Å². The van der Waals surface area contributed by atoms with E-state index < -0.39 is 0 Å². The molecule has 4 heteroatoms. The Hall–Kier alpha value is -0.640. The Morgan fingerprint density at radius 2 is 2.22 bits per heavy atom. The van der Waals surface area contributed by atoms with Gasteiger partial charge < -0.3 is 5.32 Å². The molecular weight excluding hydrogens is 251 g/mol. The molecule has 18 heavy (non-hydrogen) atoms. The lowest BCUT2D eigenvalue weighted by atomic mass is 10.1. The van der Waals surface area contributed by atoms with Gasteiger partial charge in [-0.15, -0.1) is 0 Å². The molecule has 0 amide bonds. The molecule has 1 unspecified atom stereocenters. The minimum Gasteiger partial charge on any atom is -0.317 e. The van der Waals surface area contributed by atoms with Crippen LogP contribution >= 0.6 is 11.6 Å². The van der Waals surface area contributed by atoms with E-state index in [1.807, 2.05) is 6.07 Å². The van der Waals surface area contributed by atoms with Gasteiger partial charge in [-0.2, -0.15) is 0 Å². The Labute approximate surface area is 113 Å². The molecular formula is C14H20ClFN2. The van der Waals surface area contributed by atoms with Crippen LogP contribution in [-0.2, 0) is 6.54 Å². The molecule has 1 aliphatic rings. The van der Waals surface area contributed by atoms with Gasteiger partial charge in [0.25, 0.3) is 0 Å². The van der Waals surface area contributed by atoms with Gasteiger partial charge in [-0.3, -0.25) is 4.90 Å². The van der Waals surface area contributed by atoms with Gasteiger partial charge in [0.2, 0.25) is 0 Å². The van der Waals surface area contributed by atoms with Gasteiger partial charge in [-0.1, -0.05) is 17.7 Å². The van der Waals surface area contributed by atoms with Crippen molar-refractivity contribution in [2.75, 3.05) is 20.1 Å². The van der Waals surface area contributed by atoms with Crippen LogP contribution in [0.1, 0.15) is 24.8 Å². The molecule has 1 aromatic rings. The summed E-state index contributed by atoms with van der Waals surface area (Å²) < 4.78 is 13.1. The number of rotatable bonds is 3. The van der Waals surface area contributed by atoms with Crippen molar-refractivity contribution in [1.82, 2.24) is 10.2 Å². The average Bonchev–Trinajstić information content (AvgIpc) is 2.62. The van der Waals surface area contributed by atoms with E-state index in [0.29, 0.717) is 6.04 Å². The van der Waals surface area contributed by atoms with Crippen LogP contribution in [0.3, 0.4) is 0 Å². The maximum Gasteiger partial charge on any atom is 0.141 e. The van der Waals surface area contributed by atoms with Gasteiger partial charge >= 0.3 is 0 Å². The monoisotopic (exact) mass is 270 g/mol. The fourth-order valence-corrected chi connectivity index (χ4v) is 2.70. The van der Waals surface area contributed by atoms with E-state index >= 15 is 0 Å². The SMILES string of the molecule is CN(Cc1ccc(F)c(Cl)c1)C1CCCNCC1. The van der Waals surface area contributed by atoms with Crippen LogP contribution < -0.4 is 5.32 Å². The first kappa shape index (κ1) is 13.8. The van der Waals surface area contributed by atoms with Gasteiger partial charge in [0.05, 0.1) is 5.02 Å². The molecule has 1 atom stereocenters. The minimum atomic E-state index is -0.346. The third kappa shape index (κ3) is 3.67. The van der Waals surface area contributed by atoms with E-state index in [0.717, 1.165) is 25.2 Å². The van der Waals surface area contributed by atoms with Crippen molar-refractivity contribution in [2.45, 2.75) is 31.8 Å². The summed E-state index contributed by atoms with van der Waals surface area (Å²) in [6, 6.07) is 5.58. The first-order valence-electron chi connectivity index (χ1n) is 6.51. The van der Waals surface area contributed by atoms with Crippen LogP contribution in [0.4, 0.5) is 4.39 Å². The summed E-state index contributed by atoms with van der Waals surface area (Å²) in [6.45, 7) is 3.02. The minimum absolute atomic E-state index is 0.212. The number of halogens is 2. The molecule has 0 aromatic heterocycles. The highest BCUT2D eigenvalue weighted by atomic mass is 35.5. The maximum atomic E-state index is 13.1. The number of nitrogens with zero attached hydrogens (tertiary/aromatic N) is 1. The zero-order valence-corrected chi connectivity index (χ0v) is 11.5. The summed E-state index contributed by atoms with van der Waals surface area (Å²) >= 11 is 5.81. The number of benzene rings is 1. The van der Waals surface area contributed by atoms with Crippen molar-refractivity contribution in [3.05, 3.63) is 34.6 Å². The van der Waals surface area contributed by atoms with Gasteiger partial charge in [-0.25, -0.2) is 4.39 Å². The van der Waals surface area contributed by atoms with Gasteiger partial charge in [0, 0.05) is 12.6 Å². The van der Waals surface area contributed by atoms with E-state index in [1.165, 1.54) is 25.3 Å². The lowest BCUT2D eigenvalue weighted by Crippen LogP contribution is -2.32. The van der Waals surface area contributed by atoms with E-state index in [-0.39, 0.29) is 10.8 Å². The molecule has 1 aliphatic heterocycles. The van der Waals surface area contributed by atoms with Crippen LogP contribution in [0.25, 0.3) is 0 Å². The largest absolute Gasteiger partial charge is 0.317 e. The van der Waals surface area contributed by atoms with Crippen molar-refractivity contribution in [2.24, 2.45) is 0 Å². The summed E-state index contributed by atoms with van der Waals surface area (Å²) in [5, 5.41) is 3.63. The van der Waals surface area contributed by atoms with E-state index in [2.05, 4.69) is 17.3 Å². The second-order valence-corrected chi connectivity index (χ2v) is 5.41. The Balaban J connectivity index is 1.96. The molecule has 0 saturated carbocycles. The number of nitrogens with one attached hydrogen (secondary N) is 1. The van der Waals surface area contributed by atoms with Crippen molar-refractivity contribution in [3.8, 4) is 0 Å². The summed E-state index contributed by atoms with van der Waals surface area (Å²) in [5.74, 6) is -0.346. The highest BCUT2D eigenvalue weighted by Crippen LogP contribution is 2.19. The predicted molar refractivity (Wildman–Crippen MR) is 73.4 cm³/mol. The van der Waals surface area contributed by atoms with Gasteiger partial charge in [0.1, 0.15) is 5.82 Å². The quantitative estimate of drug-likeness (QED) is 0.908. The molecule has 0 bridgehead atoms. The Bertz CT molecular complexity index is 389. The summed E-state index contributed by atoms with van der Waals surface area (Å²) in [4.78, 5) is 2.34. The molecule has 1 N–H and O–H groups in total. The second-order valence-electron chi connectivity index (χ2n) is 5.00. The van der Waals surface area contributed by atoms with E-state index in [4.69, 9.17) is 11.6 Å². The molecule has 1 heterocycles. The molecule has 2 nitrogen and oxygen atoms in total. The van der Waals surface area contributed by atoms with Crippen LogP contribution in [0.5, 0.6) is 0 Å². The zero-order chi connectivity index (χ0) is 13.0. The summed E-state index contributed by atoms with van der Waals surface area (Å²) in [7, 11) is 2.13. The molecule has 0 aliphatic carbocycles. The second kappa shape index (κ2) is 6.50. The first-order valence-corrected chi connectivity index (χ1v) is 6.89. The summed E-state index contributed by atoms with van der Waals surface area (Å²) in [6.07, 6.45) is 3.61. The Morgan fingerprint density at radius 3 is 3.00 bits per heavy atom. The molecule has 0 radical (unpaired) electrons. The van der Waals surface area contributed by atoms with Crippen molar-refractivity contribution < 1.29 is 4.39 Å². The van der Waals surface area contributed by atoms with Crippen LogP contribution in [-0.4, -0.2) is 31.1 Å². The van der Waals surface area contributed by atoms with E-state index in [1.54, 1.807) is 6.07 Å². The smallest absolute Gasteiger partial charge is 0.141 e. The Kier molecular flexibility index (Phi) is 4.98. The topological polar surface area (TPSA) is 15.3 Å². The van der Waals surface area contributed by atoms with Gasteiger partial charge in [-0.05, 0) is 57.1 Å². The third-order valence-electron chi connectivity index (χ3n) is 3.58. The highest BCUT2D eigenvalue weighted by Gasteiger charge is 2.16. The third-order valence-corrected chi connectivity index (χ3v) is 3.87. The van der Waals surface area contributed by atoms with E-state index in [9.17, 15) is 4.39 Å². The van der Waals surface area contributed by atoms with Crippen molar-refractivity contribution in [1.29, 1.82) is 0 Å². The van der Waals surface area contributed by atoms with Crippen LogP contribution in [0.15, 0.2) is 18.2 Å². The normalized spacial score (nSPS) is 21.0. The highest BCUT2D eigenvalue weighted by molar-refractivity contribution is 6.30. The number of hydrogen-bond acceptors (Lipinski definition) is 2. The standard InChI is InChI=1S/C14H20ClFN2/c1-18(12-3-2-7-17-8-6-12)10-11-4-5-14(16)13(15)9-11/h4-5,9,12,17H,2-3,6-8,10H2,1H3. The predicted octanol–water partition coefficient (Wildman–Crippen LogP) is 3.05. The fraction of sp³-hybridized carbons (Fsp3) is 0.571. The van der Waals surface area contributed by atoms with Crippen molar-refractivity contribution in [3.63, 3.8) is 0 Å². The van der Waals surface area contributed by atoms with Crippen molar-refractivity contribution >= 4 is 11.6 Å². The number of hydrogen-bond donors (Lipinski definition) is 1. The first-order chi connectivity index (χ1) is 8.66. The maximum absolute atomic E-state index is 13.1. The molecule has 0 spiro atoms. The summed E-state index contributed by atoms with van der Waals surface area (Å²) in [5.41, 5.74) is 1.07. The molecule has 100 valence electrons. The van der Waals surface area contributed by atoms with Crippen LogP contribution in [0.2, 0.25) is 5.02 Å². The fourth-order valence-electron chi connectivity index (χ4n) is 2.50. The average molecular weight is 271 g/mol. The van der Waals surface area contributed by atoms with Crippen LogP contribution in [0, 0.1) is 5.82 Å². The lowest BCUT2D eigenvalue weighted by Gasteiger charge is -2.26. The molecule has 2 rings (SSSR count). The lowest BCUT2D eigenvalue weighted by molar-refractivity contribution is 0.216.